The maximum Gasteiger partial charge on any atom is 0.00722 e. The fraction of sp³-hybridized carbons (Fsp3) is 1.00. The Labute approximate surface area is 86.0 Å². The molecule has 2 rings (SSSR count). The van der Waals surface area contributed by atoms with Gasteiger partial charge < -0.3 is 5.32 Å². The first kappa shape index (κ1) is 9.85. The lowest BCUT2D eigenvalue weighted by molar-refractivity contribution is 0.229. The van der Waals surface area contributed by atoms with E-state index in [0.717, 1.165) is 17.9 Å². The van der Waals surface area contributed by atoms with Crippen molar-refractivity contribution in [1.29, 1.82) is 0 Å². The topological polar surface area (TPSA) is 12.0 Å². The minimum Gasteiger partial charge on any atom is -0.314 e. The number of hydrogen-bond donors (Lipinski definition) is 1. The van der Waals surface area contributed by atoms with Gasteiger partial charge in [0.1, 0.15) is 0 Å². The number of nitrogens with one attached hydrogen (secondary N) is 1. The summed E-state index contributed by atoms with van der Waals surface area (Å²) < 4.78 is 0. The van der Waals surface area contributed by atoms with E-state index in [1.54, 1.807) is 0 Å². The standard InChI is InChI=1S/C11H21NS/c1-9-6-11(7-9)12-8-10-2-4-13-5-3-10/h9-12H,2-8H2,1H3. The molecule has 1 saturated heterocycles. The average molecular weight is 199 g/mol. The highest BCUT2D eigenvalue weighted by atomic mass is 32.2. The Bertz CT molecular complexity index is 148. The van der Waals surface area contributed by atoms with Crippen molar-refractivity contribution in [3.8, 4) is 0 Å². The fourth-order valence-corrected chi connectivity index (χ4v) is 3.56. The van der Waals surface area contributed by atoms with Crippen LogP contribution >= 0.6 is 11.8 Å². The molecule has 1 nitrogen and oxygen atoms in total. The van der Waals surface area contributed by atoms with Crippen LogP contribution in [0.4, 0.5) is 0 Å². The maximum absolute atomic E-state index is 3.71. The molecule has 2 aliphatic rings. The first-order chi connectivity index (χ1) is 6.34. The van der Waals surface area contributed by atoms with Crippen molar-refractivity contribution in [1.82, 2.24) is 5.32 Å². The summed E-state index contributed by atoms with van der Waals surface area (Å²) in [5, 5.41) is 3.71. The van der Waals surface area contributed by atoms with E-state index in [0.29, 0.717) is 0 Å². The Morgan fingerprint density at radius 1 is 1.23 bits per heavy atom. The van der Waals surface area contributed by atoms with Crippen LogP contribution in [0.25, 0.3) is 0 Å². The van der Waals surface area contributed by atoms with Crippen LogP contribution in [0.5, 0.6) is 0 Å². The molecule has 0 spiro atoms. The Hall–Kier alpha value is 0.310. The summed E-state index contributed by atoms with van der Waals surface area (Å²) in [6, 6.07) is 0.865. The molecule has 76 valence electrons. The first-order valence-corrected chi connectivity index (χ1v) is 6.81. The van der Waals surface area contributed by atoms with E-state index >= 15 is 0 Å². The second kappa shape index (κ2) is 4.70. The van der Waals surface area contributed by atoms with E-state index in [4.69, 9.17) is 0 Å². The predicted octanol–water partition coefficient (Wildman–Crippen LogP) is 2.52. The molecule has 1 aliphatic carbocycles. The minimum absolute atomic E-state index is 0.865. The molecular formula is C11H21NS. The molecule has 1 aliphatic heterocycles. The van der Waals surface area contributed by atoms with Crippen molar-refractivity contribution in [2.45, 2.75) is 38.6 Å². The van der Waals surface area contributed by atoms with Gasteiger partial charge in [-0.3, -0.25) is 0 Å². The third kappa shape index (κ3) is 2.88. The minimum atomic E-state index is 0.865. The molecule has 2 heteroatoms. The SMILES string of the molecule is CC1CC(NCC2CCSCC2)C1. The van der Waals surface area contributed by atoms with Crippen LogP contribution in [0.1, 0.15) is 32.6 Å². The van der Waals surface area contributed by atoms with Gasteiger partial charge in [-0.15, -0.1) is 0 Å². The Morgan fingerprint density at radius 3 is 2.54 bits per heavy atom. The Kier molecular flexibility index (Phi) is 3.56. The molecule has 0 bridgehead atoms. The van der Waals surface area contributed by atoms with Crippen LogP contribution in [0.15, 0.2) is 0 Å². The van der Waals surface area contributed by atoms with Crippen LogP contribution < -0.4 is 5.32 Å². The molecule has 2 fully saturated rings. The van der Waals surface area contributed by atoms with E-state index in [9.17, 15) is 0 Å². The number of hydrogen-bond acceptors (Lipinski definition) is 2. The second-order valence-electron chi connectivity index (χ2n) is 4.74. The molecule has 13 heavy (non-hydrogen) atoms. The third-order valence-corrected chi connectivity index (χ3v) is 4.46. The quantitative estimate of drug-likeness (QED) is 0.749. The smallest absolute Gasteiger partial charge is 0.00722 e. The summed E-state index contributed by atoms with van der Waals surface area (Å²) in [7, 11) is 0. The summed E-state index contributed by atoms with van der Waals surface area (Å²) in [5.41, 5.74) is 0. The van der Waals surface area contributed by atoms with Crippen LogP contribution in [0, 0.1) is 11.8 Å². The van der Waals surface area contributed by atoms with Gasteiger partial charge in [0.05, 0.1) is 0 Å². The van der Waals surface area contributed by atoms with Gasteiger partial charge in [-0.25, -0.2) is 0 Å². The molecule has 0 unspecified atom stereocenters. The fourth-order valence-electron chi connectivity index (χ4n) is 2.35. The van der Waals surface area contributed by atoms with Gasteiger partial charge >= 0.3 is 0 Å². The molecule has 0 aromatic rings. The second-order valence-corrected chi connectivity index (χ2v) is 5.96. The zero-order chi connectivity index (χ0) is 9.10. The zero-order valence-electron chi connectivity index (χ0n) is 8.59. The van der Waals surface area contributed by atoms with Gasteiger partial charge in [0.2, 0.25) is 0 Å². The summed E-state index contributed by atoms with van der Waals surface area (Å²) in [6.07, 6.45) is 5.73. The van der Waals surface area contributed by atoms with Gasteiger partial charge in [-0.2, -0.15) is 11.8 Å². The van der Waals surface area contributed by atoms with Crippen LogP contribution in [-0.2, 0) is 0 Å². The van der Waals surface area contributed by atoms with E-state index < -0.39 is 0 Å². The van der Waals surface area contributed by atoms with E-state index in [1.807, 2.05) is 0 Å². The highest BCUT2D eigenvalue weighted by Crippen LogP contribution is 2.27. The molecule has 0 aromatic carbocycles. The van der Waals surface area contributed by atoms with Crippen molar-refractivity contribution in [3.05, 3.63) is 0 Å². The van der Waals surface area contributed by atoms with Crippen LogP contribution in [-0.4, -0.2) is 24.1 Å². The Morgan fingerprint density at radius 2 is 1.92 bits per heavy atom. The van der Waals surface area contributed by atoms with Gasteiger partial charge in [-0.1, -0.05) is 6.92 Å². The molecule has 0 atom stereocenters. The van der Waals surface area contributed by atoms with Gasteiger partial charge in [0, 0.05) is 6.04 Å². The first-order valence-electron chi connectivity index (χ1n) is 5.65. The molecule has 1 heterocycles. The molecule has 1 N–H and O–H groups in total. The normalized spacial score (nSPS) is 35.8. The largest absolute Gasteiger partial charge is 0.314 e. The molecular weight excluding hydrogens is 178 g/mol. The van der Waals surface area contributed by atoms with Crippen molar-refractivity contribution in [2.75, 3.05) is 18.1 Å². The lowest BCUT2D eigenvalue weighted by Gasteiger charge is -2.35. The molecule has 0 radical (unpaired) electrons. The summed E-state index contributed by atoms with van der Waals surface area (Å²) >= 11 is 2.13. The summed E-state index contributed by atoms with van der Waals surface area (Å²) in [6.45, 7) is 3.65. The van der Waals surface area contributed by atoms with E-state index in [1.165, 1.54) is 43.7 Å². The lowest BCUT2D eigenvalue weighted by atomic mass is 9.81. The molecule has 0 aromatic heterocycles. The van der Waals surface area contributed by atoms with Crippen LogP contribution in [0.2, 0.25) is 0 Å². The van der Waals surface area contributed by atoms with Crippen molar-refractivity contribution < 1.29 is 0 Å². The summed E-state index contributed by atoms with van der Waals surface area (Å²) in [4.78, 5) is 0. The monoisotopic (exact) mass is 199 g/mol. The average Bonchev–Trinajstić information content (AvgIpc) is 2.12. The van der Waals surface area contributed by atoms with Gasteiger partial charge in [0.15, 0.2) is 0 Å². The van der Waals surface area contributed by atoms with Gasteiger partial charge in [0.25, 0.3) is 0 Å². The van der Waals surface area contributed by atoms with Crippen molar-refractivity contribution in [2.24, 2.45) is 11.8 Å². The van der Waals surface area contributed by atoms with Crippen molar-refractivity contribution in [3.63, 3.8) is 0 Å². The maximum atomic E-state index is 3.71. The highest BCUT2D eigenvalue weighted by Gasteiger charge is 2.25. The van der Waals surface area contributed by atoms with Crippen LogP contribution in [0.3, 0.4) is 0 Å². The molecule has 1 saturated carbocycles. The third-order valence-electron chi connectivity index (χ3n) is 3.41. The number of rotatable bonds is 3. The number of thioether (sulfide) groups is 1. The highest BCUT2D eigenvalue weighted by molar-refractivity contribution is 7.99. The Balaban J connectivity index is 1.56. The predicted molar refractivity (Wildman–Crippen MR) is 60.2 cm³/mol. The lowest BCUT2D eigenvalue weighted by Crippen LogP contribution is -2.42. The molecule has 0 amide bonds. The zero-order valence-corrected chi connectivity index (χ0v) is 9.41. The van der Waals surface area contributed by atoms with E-state index in [2.05, 4.69) is 24.0 Å². The van der Waals surface area contributed by atoms with Crippen molar-refractivity contribution >= 4 is 11.8 Å². The van der Waals surface area contributed by atoms with E-state index in [-0.39, 0.29) is 0 Å². The summed E-state index contributed by atoms with van der Waals surface area (Å²) in [5.74, 6) is 4.76. The van der Waals surface area contributed by atoms with Gasteiger partial charge in [-0.05, 0) is 55.6 Å².